The van der Waals surface area contributed by atoms with E-state index in [9.17, 15) is 18.0 Å². The molecular weight excluding hydrogens is 403 g/mol. The summed E-state index contributed by atoms with van der Waals surface area (Å²) in [5, 5.41) is 2.70. The first-order valence-electron chi connectivity index (χ1n) is 9.49. The van der Waals surface area contributed by atoms with Crippen molar-refractivity contribution >= 4 is 29.3 Å². The average Bonchev–Trinajstić information content (AvgIpc) is 2.69. The van der Waals surface area contributed by atoms with Gasteiger partial charge in [-0.15, -0.1) is 0 Å². The third kappa shape index (κ3) is 6.03. The van der Waals surface area contributed by atoms with Crippen LogP contribution in [0.15, 0.2) is 30.5 Å². The summed E-state index contributed by atoms with van der Waals surface area (Å²) in [4.78, 5) is 20.1. The van der Waals surface area contributed by atoms with E-state index >= 15 is 0 Å². The number of unbranched alkanes of at least 4 members (excludes halogenated alkanes) is 1. The van der Waals surface area contributed by atoms with Crippen LogP contribution in [-0.4, -0.2) is 22.3 Å². The second-order valence-electron chi connectivity index (χ2n) is 6.95. The number of pyridine rings is 2. The van der Waals surface area contributed by atoms with Crippen molar-refractivity contribution in [1.29, 1.82) is 0 Å². The summed E-state index contributed by atoms with van der Waals surface area (Å²) in [5.41, 5.74) is 1.40. The van der Waals surface area contributed by atoms with Gasteiger partial charge in [0.2, 0.25) is 0 Å². The fraction of sp³-hybridized carbons (Fsp3) is 0.381. The van der Waals surface area contributed by atoms with Crippen molar-refractivity contribution in [3.05, 3.63) is 58.0 Å². The van der Waals surface area contributed by atoms with Gasteiger partial charge in [0.15, 0.2) is 5.78 Å². The maximum absolute atomic E-state index is 12.8. The molecule has 2 aromatic rings. The zero-order valence-electron chi connectivity index (χ0n) is 15.7. The number of fused-ring (bicyclic) bond motifs is 1. The van der Waals surface area contributed by atoms with Crippen LogP contribution in [0.4, 0.5) is 19.0 Å². The molecule has 0 saturated heterocycles. The molecule has 2 aromatic heterocycles. The van der Waals surface area contributed by atoms with Gasteiger partial charge in [-0.1, -0.05) is 17.7 Å². The van der Waals surface area contributed by atoms with Crippen molar-refractivity contribution < 1.29 is 18.0 Å². The van der Waals surface area contributed by atoms with Gasteiger partial charge in [0.1, 0.15) is 11.0 Å². The SMILES string of the molecule is O=C(/C=C/c1cnc(Cl)c(C(F)(F)F)c1)CCCCc1ccc2c(n1)NCCC2. The summed E-state index contributed by atoms with van der Waals surface area (Å²) < 4.78 is 38.5. The van der Waals surface area contributed by atoms with E-state index in [0.29, 0.717) is 12.8 Å². The number of anilines is 1. The van der Waals surface area contributed by atoms with Gasteiger partial charge in [0.25, 0.3) is 0 Å². The number of allylic oxidation sites excluding steroid dienone is 1. The highest BCUT2D eigenvalue weighted by Gasteiger charge is 2.34. The van der Waals surface area contributed by atoms with E-state index in [-0.39, 0.29) is 11.3 Å². The average molecular weight is 424 g/mol. The molecule has 0 fully saturated rings. The summed E-state index contributed by atoms with van der Waals surface area (Å²) in [6.07, 6.45) is 4.00. The molecular formula is C21H21ClF3N3O. The Kier molecular flexibility index (Phi) is 6.90. The van der Waals surface area contributed by atoms with Gasteiger partial charge in [-0.05, 0) is 67.5 Å². The predicted molar refractivity (Wildman–Crippen MR) is 107 cm³/mol. The van der Waals surface area contributed by atoms with E-state index in [1.807, 2.05) is 6.07 Å². The van der Waals surface area contributed by atoms with Crippen LogP contribution in [0.2, 0.25) is 5.15 Å². The van der Waals surface area contributed by atoms with Gasteiger partial charge in [-0.3, -0.25) is 4.79 Å². The van der Waals surface area contributed by atoms with Gasteiger partial charge < -0.3 is 5.32 Å². The van der Waals surface area contributed by atoms with Gasteiger partial charge in [-0.25, -0.2) is 9.97 Å². The van der Waals surface area contributed by atoms with Crippen molar-refractivity contribution in [3.63, 3.8) is 0 Å². The smallest absolute Gasteiger partial charge is 0.370 e. The van der Waals surface area contributed by atoms with Crippen LogP contribution in [0.1, 0.15) is 48.1 Å². The Labute approximate surface area is 172 Å². The molecule has 0 unspecified atom stereocenters. The lowest BCUT2D eigenvalue weighted by Gasteiger charge is -2.17. The highest BCUT2D eigenvalue weighted by Crippen LogP contribution is 2.34. The van der Waals surface area contributed by atoms with Gasteiger partial charge in [-0.2, -0.15) is 13.2 Å². The predicted octanol–water partition coefficient (Wildman–Crippen LogP) is 5.50. The number of hydrogen-bond donors (Lipinski definition) is 1. The molecule has 1 aliphatic heterocycles. The lowest BCUT2D eigenvalue weighted by molar-refractivity contribution is -0.137. The molecule has 0 atom stereocenters. The number of aryl methyl sites for hydroxylation is 2. The lowest BCUT2D eigenvalue weighted by Crippen LogP contribution is -2.14. The third-order valence-electron chi connectivity index (χ3n) is 4.69. The largest absolute Gasteiger partial charge is 0.419 e. The highest BCUT2D eigenvalue weighted by atomic mass is 35.5. The Morgan fingerprint density at radius 3 is 2.90 bits per heavy atom. The summed E-state index contributed by atoms with van der Waals surface area (Å²) in [7, 11) is 0. The molecule has 0 spiro atoms. The lowest BCUT2D eigenvalue weighted by atomic mass is 10.0. The summed E-state index contributed by atoms with van der Waals surface area (Å²) in [6.45, 7) is 0.942. The second-order valence-corrected chi connectivity index (χ2v) is 7.31. The van der Waals surface area contributed by atoms with Crippen LogP contribution >= 0.6 is 11.6 Å². The monoisotopic (exact) mass is 423 g/mol. The Hall–Kier alpha value is -2.41. The molecule has 4 nitrogen and oxygen atoms in total. The molecule has 3 heterocycles. The second kappa shape index (κ2) is 9.39. The maximum Gasteiger partial charge on any atom is 0.419 e. The fourth-order valence-electron chi connectivity index (χ4n) is 3.14. The van der Waals surface area contributed by atoms with Crippen molar-refractivity contribution in [2.24, 2.45) is 0 Å². The van der Waals surface area contributed by atoms with E-state index in [4.69, 9.17) is 11.6 Å². The molecule has 1 N–H and O–H groups in total. The van der Waals surface area contributed by atoms with Crippen molar-refractivity contribution in [1.82, 2.24) is 9.97 Å². The summed E-state index contributed by atoms with van der Waals surface area (Å²) in [5.74, 6) is 0.816. The van der Waals surface area contributed by atoms with Gasteiger partial charge >= 0.3 is 6.18 Å². The quantitative estimate of drug-likeness (QED) is 0.363. The van der Waals surface area contributed by atoms with E-state index in [0.717, 1.165) is 49.8 Å². The fourth-order valence-corrected chi connectivity index (χ4v) is 3.35. The van der Waals surface area contributed by atoms with Crippen LogP contribution in [0.25, 0.3) is 6.08 Å². The van der Waals surface area contributed by atoms with Crippen LogP contribution in [0, 0.1) is 0 Å². The first-order chi connectivity index (χ1) is 13.8. The zero-order chi connectivity index (χ0) is 20.9. The number of nitrogens with one attached hydrogen (secondary N) is 1. The van der Waals surface area contributed by atoms with E-state index in [2.05, 4.69) is 21.4 Å². The van der Waals surface area contributed by atoms with Crippen molar-refractivity contribution in [3.8, 4) is 0 Å². The molecule has 154 valence electrons. The van der Waals surface area contributed by atoms with Gasteiger partial charge in [0.05, 0.1) is 5.56 Å². The molecule has 0 bridgehead atoms. The Bertz CT molecular complexity index is 913. The number of rotatable bonds is 7. The molecule has 1 aliphatic rings. The molecule has 3 rings (SSSR count). The molecule has 0 aliphatic carbocycles. The minimum Gasteiger partial charge on any atom is -0.370 e. The topological polar surface area (TPSA) is 54.9 Å². The normalized spacial score (nSPS) is 13.9. The van der Waals surface area contributed by atoms with E-state index in [1.54, 1.807) is 0 Å². The molecule has 0 aromatic carbocycles. The Balaban J connectivity index is 1.47. The number of halogens is 4. The standard InChI is InChI=1S/C21H21ClF3N3O/c22-19-18(21(23,24)25)12-14(13-27-19)7-10-17(29)6-2-1-5-16-9-8-15-4-3-11-26-20(15)28-16/h7-10,12-13H,1-6,11H2,(H,26,28)/b10-7+. The number of nitrogens with zero attached hydrogens (tertiary/aromatic N) is 2. The maximum atomic E-state index is 12.8. The zero-order valence-corrected chi connectivity index (χ0v) is 16.5. The number of hydrogen-bond acceptors (Lipinski definition) is 4. The molecule has 29 heavy (non-hydrogen) atoms. The molecule has 0 saturated carbocycles. The Morgan fingerprint density at radius 2 is 2.10 bits per heavy atom. The van der Waals surface area contributed by atoms with E-state index < -0.39 is 16.9 Å². The van der Waals surface area contributed by atoms with E-state index in [1.165, 1.54) is 23.9 Å². The third-order valence-corrected chi connectivity index (χ3v) is 4.99. The van der Waals surface area contributed by atoms with Crippen LogP contribution < -0.4 is 5.32 Å². The van der Waals surface area contributed by atoms with Crippen molar-refractivity contribution in [2.75, 3.05) is 11.9 Å². The number of aromatic nitrogens is 2. The first-order valence-corrected chi connectivity index (χ1v) is 9.87. The molecule has 0 radical (unpaired) electrons. The Morgan fingerprint density at radius 1 is 1.28 bits per heavy atom. The number of carbonyl (C=O) groups is 1. The highest BCUT2D eigenvalue weighted by molar-refractivity contribution is 6.30. The number of alkyl halides is 3. The summed E-state index contributed by atoms with van der Waals surface area (Å²) >= 11 is 5.49. The van der Waals surface area contributed by atoms with Crippen LogP contribution in [0.3, 0.4) is 0 Å². The van der Waals surface area contributed by atoms with Gasteiger partial charge in [0, 0.05) is 24.9 Å². The summed E-state index contributed by atoms with van der Waals surface area (Å²) in [6, 6.07) is 5.02. The minimum absolute atomic E-state index is 0.145. The van der Waals surface area contributed by atoms with Crippen LogP contribution in [-0.2, 0) is 23.8 Å². The van der Waals surface area contributed by atoms with Crippen LogP contribution in [0.5, 0.6) is 0 Å². The number of carbonyl (C=O) groups excluding carboxylic acids is 1. The molecule has 8 heteroatoms. The molecule has 0 amide bonds. The number of ketones is 1. The first kappa shape index (κ1) is 21.3. The minimum atomic E-state index is -4.59. The van der Waals surface area contributed by atoms with Crippen molar-refractivity contribution in [2.45, 2.75) is 44.7 Å².